The molecule has 37 heavy (non-hydrogen) atoms. The normalized spacial score (nSPS) is 16.8. The second-order valence-electron chi connectivity index (χ2n) is 9.16. The van der Waals surface area contributed by atoms with E-state index in [2.05, 4.69) is 25.4 Å². The predicted octanol–water partition coefficient (Wildman–Crippen LogP) is 4.73. The molecule has 2 aliphatic rings. The van der Waals surface area contributed by atoms with E-state index in [1.165, 1.54) is 41.6 Å². The molecule has 0 bridgehead atoms. The Labute approximate surface area is 224 Å². The number of imidazole rings is 1. The summed E-state index contributed by atoms with van der Waals surface area (Å²) in [6.07, 6.45) is 2.96. The van der Waals surface area contributed by atoms with Crippen LogP contribution in [0.5, 0.6) is 5.75 Å². The van der Waals surface area contributed by atoms with Gasteiger partial charge in [0.2, 0.25) is 0 Å². The van der Waals surface area contributed by atoms with E-state index in [9.17, 15) is 9.59 Å². The minimum Gasteiger partial charge on any atom is -0.449 e. The smallest absolute Gasteiger partial charge is 0.449 e. The summed E-state index contributed by atoms with van der Waals surface area (Å²) in [6, 6.07) is 9.30. The van der Waals surface area contributed by atoms with Crippen molar-refractivity contribution in [3.63, 3.8) is 0 Å². The van der Waals surface area contributed by atoms with Crippen molar-refractivity contribution in [1.29, 1.82) is 0 Å². The number of fused-ring (bicyclic) bond motifs is 1. The Bertz CT molecular complexity index is 1470. The minimum absolute atomic E-state index is 0.0818. The highest BCUT2D eigenvalue weighted by molar-refractivity contribution is 7.23. The van der Waals surface area contributed by atoms with Crippen molar-refractivity contribution >= 4 is 57.4 Å². The summed E-state index contributed by atoms with van der Waals surface area (Å²) in [6.45, 7) is 2.26. The van der Waals surface area contributed by atoms with Crippen LogP contribution in [0.15, 0.2) is 30.3 Å². The van der Waals surface area contributed by atoms with Crippen molar-refractivity contribution in [3.05, 3.63) is 45.5 Å². The number of hydrogen-bond donors (Lipinski definition) is 2. The fourth-order valence-corrected chi connectivity index (χ4v) is 6.61. The molecule has 0 atom stereocenters. The van der Waals surface area contributed by atoms with Gasteiger partial charge < -0.3 is 24.6 Å². The largest absolute Gasteiger partial charge is 0.511 e. The summed E-state index contributed by atoms with van der Waals surface area (Å²) < 4.78 is 7.26. The molecule has 1 aromatic carbocycles. The van der Waals surface area contributed by atoms with Crippen molar-refractivity contribution in [3.8, 4) is 15.6 Å². The quantitative estimate of drug-likeness (QED) is 0.246. The maximum Gasteiger partial charge on any atom is 0.511 e. The zero-order chi connectivity index (χ0) is 25.5. The molecule has 13 heteroatoms. The molecule has 4 aromatic rings. The molecular weight excluding hydrogens is 536 g/mol. The maximum atomic E-state index is 13.4. The first-order valence-corrected chi connectivity index (χ1v) is 14.0. The molecule has 0 unspecified atom stereocenters. The number of carboxylic acid groups (broad SMARTS) is 1. The van der Waals surface area contributed by atoms with Gasteiger partial charge in [-0.1, -0.05) is 22.9 Å². The van der Waals surface area contributed by atoms with Crippen LogP contribution in [-0.4, -0.2) is 67.0 Å². The van der Waals surface area contributed by atoms with E-state index >= 15 is 0 Å². The first kappa shape index (κ1) is 24.3. The average molecular weight is 559 g/mol. The number of aromatic nitrogens is 4. The van der Waals surface area contributed by atoms with E-state index in [-0.39, 0.29) is 30.1 Å². The molecule has 1 amide bonds. The fourth-order valence-electron chi connectivity index (χ4n) is 4.69. The Kier molecular flexibility index (Phi) is 6.57. The van der Waals surface area contributed by atoms with E-state index in [1.54, 1.807) is 16.7 Å². The molecule has 1 aliphatic heterocycles. The lowest BCUT2D eigenvalue weighted by Gasteiger charge is -2.32. The second-order valence-corrected chi connectivity index (χ2v) is 11.9. The Morgan fingerprint density at radius 1 is 1.11 bits per heavy atom. The highest BCUT2D eigenvalue weighted by atomic mass is 35.5. The van der Waals surface area contributed by atoms with Gasteiger partial charge in [0.05, 0.1) is 26.8 Å². The van der Waals surface area contributed by atoms with Crippen LogP contribution < -0.4 is 10.1 Å². The number of carbonyl (C=O) groups excluding carboxylic acids is 1. The molecule has 1 saturated heterocycles. The minimum atomic E-state index is -1.41. The van der Waals surface area contributed by atoms with Gasteiger partial charge in [-0.2, -0.15) is 0 Å². The highest BCUT2D eigenvalue weighted by Gasteiger charge is 2.32. The fraction of sp³-hybridized carbons (Fsp3) is 0.375. The number of nitrogens with one attached hydrogen (secondary N) is 1. The van der Waals surface area contributed by atoms with Gasteiger partial charge in [0.15, 0.2) is 10.8 Å². The van der Waals surface area contributed by atoms with Gasteiger partial charge in [-0.05, 0) is 49.9 Å². The standard InChI is InChI=1S/C24H23ClN6O4S2/c25-19-6-5-18(36-19)23-29-28-20(37-23)12-31-17-4-3-15(35-24(33)34)11-16(17)27-21(31)22(32)26-13-7-9-30(10-8-13)14-1-2-14/h3-6,11,13-14H,1-2,7-10,12H2,(H,26,32)(H,33,34). The summed E-state index contributed by atoms with van der Waals surface area (Å²) in [4.78, 5) is 32.4. The van der Waals surface area contributed by atoms with Crippen LogP contribution in [0.3, 0.4) is 0 Å². The average Bonchev–Trinajstić information content (AvgIpc) is 3.29. The van der Waals surface area contributed by atoms with Gasteiger partial charge in [0.1, 0.15) is 10.8 Å². The molecule has 2 fully saturated rings. The van der Waals surface area contributed by atoms with Crippen LogP contribution in [0.25, 0.3) is 20.9 Å². The lowest BCUT2D eigenvalue weighted by atomic mass is 10.0. The SMILES string of the molecule is O=C(O)Oc1ccc2c(c1)nc(C(=O)NC1CCN(C3CC3)CC1)n2Cc1nnc(-c2ccc(Cl)s2)s1. The molecule has 1 saturated carbocycles. The lowest BCUT2D eigenvalue weighted by Crippen LogP contribution is -2.45. The maximum absolute atomic E-state index is 13.4. The van der Waals surface area contributed by atoms with E-state index in [1.807, 2.05) is 12.1 Å². The molecule has 4 heterocycles. The zero-order valence-electron chi connectivity index (χ0n) is 19.6. The molecule has 0 spiro atoms. The van der Waals surface area contributed by atoms with E-state index < -0.39 is 6.16 Å². The van der Waals surface area contributed by atoms with Crippen LogP contribution in [0, 0.1) is 0 Å². The topological polar surface area (TPSA) is 122 Å². The van der Waals surface area contributed by atoms with Gasteiger partial charge in [0, 0.05) is 31.2 Å². The monoisotopic (exact) mass is 558 g/mol. The highest BCUT2D eigenvalue weighted by Crippen LogP contribution is 2.34. The summed E-state index contributed by atoms with van der Waals surface area (Å²) in [5.41, 5.74) is 1.13. The third-order valence-corrected chi connectivity index (χ3v) is 8.91. The third kappa shape index (κ3) is 5.33. The van der Waals surface area contributed by atoms with Crippen molar-refractivity contribution in [2.45, 2.75) is 44.3 Å². The van der Waals surface area contributed by atoms with Crippen molar-refractivity contribution in [1.82, 2.24) is 30.0 Å². The van der Waals surface area contributed by atoms with Gasteiger partial charge >= 0.3 is 6.16 Å². The number of ether oxygens (including phenoxy) is 1. The Morgan fingerprint density at radius 3 is 2.62 bits per heavy atom. The molecule has 3 aromatic heterocycles. The Balaban J connectivity index is 1.27. The Hall–Kier alpha value is -3.06. The molecule has 10 nitrogen and oxygen atoms in total. The molecular formula is C24H23ClN6O4S2. The molecule has 1 aliphatic carbocycles. The third-order valence-electron chi connectivity index (χ3n) is 6.60. The number of halogens is 1. The van der Waals surface area contributed by atoms with E-state index in [0.29, 0.717) is 20.4 Å². The lowest BCUT2D eigenvalue weighted by molar-refractivity contribution is 0.0895. The van der Waals surface area contributed by atoms with Crippen LogP contribution in [0.2, 0.25) is 4.34 Å². The summed E-state index contributed by atoms with van der Waals surface area (Å²) in [5, 5.41) is 22.2. The first-order chi connectivity index (χ1) is 17.9. The number of rotatable bonds is 7. The van der Waals surface area contributed by atoms with Gasteiger partial charge in [0.25, 0.3) is 5.91 Å². The van der Waals surface area contributed by atoms with Crippen molar-refractivity contribution in [2.75, 3.05) is 13.1 Å². The van der Waals surface area contributed by atoms with Crippen LogP contribution >= 0.6 is 34.3 Å². The Morgan fingerprint density at radius 2 is 1.92 bits per heavy atom. The molecule has 192 valence electrons. The van der Waals surface area contributed by atoms with Gasteiger partial charge in [-0.3, -0.25) is 4.79 Å². The van der Waals surface area contributed by atoms with Crippen molar-refractivity contribution < 1.29 is 19.4 Å². The zero-order valence-corrected chi connectivity index (χ0v) is 22.0. The van der Waals surface area contributed by atoms with Crippen LogP contribution in [0.1, 0.15) is 41.3 Å². The number of piperidine rings is 1. The molecule has 2 N–H and O–H groups in total. The number of benzene rings is 1. The summed E-state index contributed by atoms with van der Waals surface area (Å²) in [5.74, 6) is 0.108. The second kappa shape index (κ2) is 10.0. The number of nitrogens with zero attached hydrogens (tertiary/aromatic N) is 5. The van der Waals surface area contributed by atoms with Gasteiger partial charge in [-0.15, -0.1) is 21.5 Å². The van der Waals surface area contributed by atoms with Crippen LogP contribution in [-0.2, 0) is 6.54 Å². The number of likely N-dealkylation sites (tertiary alicyclic amines) is 1. The van der Waals surface area contributed by atoms with E-state index in [4.69, 9.17) is 21.4 Å². The molecule has 0 radical (unpaired) electrons. The summed E-state index contributed by atoms with van der Waals surface area (Å²) in [7, 11) is 0. The van der Waals surface area contributed by atoms with Gasteiger partial charge in [-0.25, -0.2) is 9.78 Å². The number of carbonyl (C=O) groups is 2. The number of amides is 1. The number of thiophene rings is 1. The van der Waals surface area contributed by atoms with Crippen LogP contribution in [0.4, 0.5) is 4.79 Å². The number of hydrogen-bond acceptors (Lipinski definition) is 9. The molecule has 6 rings (SSSR count). The first-order valence-electron chi connectivity index (χ1n) is 12.0. The predicted molar refractivity (Wildman–Crippen MR) is 141 cm³/mol. The summed E-state index contributed by atoms with van der Waals surface area (Å²) >= 11 is 8.93. The van der Waals surface area contributed by atoms with Crippen molar-refractivity contribution in [2.24, 2.45) is 0 Å². The van der Waals surface area contributed by atoms with E-state index in [0.717, 1.165) is 41.9 Å².